The molecule has 0 saturated heterocycles. The van der Waals surface area contributed by atoms with Crippen molar-refractivity contribution in [2.75, 3.05) is 19.7 Å². The second-order valence-electron chi connectivity index (χ2n) is 14.2. The van der Waals surface area contributed by atoms with Crippen molar-refractivity contribution in [2.45, 2.75) is 58.3 Å². The first-order valence-electron chi connectivity index (χ1n) is 18.2. The van der Waals surface area contributed by atoms with Crippen molar-refractivity contribution in [1.82, 2.24) is 10.2 Å². The van der Waals surface area contributed by atoms with E-state index in [4.69, 9.17) is 18.9 Å². The normalized spacial score (nSPS) is 12.9. The van der Waals surface area contributed by atoms with Gasteiger partial charge < -0.3 is 29.2 Å². The van der Waals surface area contributed by atoms with Gasteiger partial charge in [0.2, 0.25) is 0 Å². The fraction of sp³-hybridized carbons (Fsp3) is 0.267. The minimum atomic E-state index is -0.937. The average Bonchev–Trinajstić information content (AvgIpc) is 3.17. The highest BCUT2D eigenvalue weighted by atomic mass is 16.6. The molecular weight excluding hydrogens is 681 g/mol. The zero-order chi connectivity index (χ0) is 37.9. The van der Waals surface area contributed by atoms with E-state index < -0.39 is 29.7 Å². The molecule has 0 radical (unpaired) electrons. The molecule has 1 unspecified atom stereocenters. The van der Waals surface area contributed by atoms with Crippen LogP contribution in [-0.4, -0.2) is 48.4 Å². The smallest absolute Gasteiger partial charge is 0.419 e. The number of fused-ring (bicyclic) bond motifs is 1. The molecule has 1 heterocycles. The quantitative estimate of drug-likeness (QED) is 0.101. The van der Waals surface area contributed by atoms with Crippen LogP contribution in [0.15, 0.2) is 127 Å². The summed E-state index contributed by atoms with van der Waals surface area (Å²) in [6.45, 7) is 6.93. The topological polar surface area (TPSA) is 103 Å². The van der Waals surface area contributed by atoms with Gasteiger partial charge in [-0.3, -0.25) is 4.79 Å². The van der Waals surface area contributed by atoms with Crippen molar-refractivity contribution in [3.63, 3.8) is 0 Å². The third-order valence-electron chi connectivity index (χ3n) is 9.02. The van der Waals surface area contributed by atoms with E-state index in [9.17, 15) is 14.4 Å². The lowest BCUT2D eigenvalue weighted by molar-refractivity contribution is -0.156. The third kappa shape index (κ3) is 10.7. The standard InChI is InChI=1S/C45H46N2O7/c1-45(2,3)54-42(48)41(37-18-16-35(17-19-37)34-12-8-5-9-13-34)29-46-43(49)53-44(50)47-26-24-36-20-23-40(28-38(36)30-47)51-27-25-32-14-21-39(22-15-32)52-31-33-10-6-4-7-11-33/h4-23,28,41H,24-27,29-31H2,1-3H3,(H,46,49). The van der Waals surface area contributed by atoms with E-state index in [0.717, 1.165) is 45.6 Å². The summed E-state index contributed by atoms with van der Waals surface area (Å²) in [4.78, 5) is 40.7. The number of rotatable bonds is 12. The molecule has 1 aliphatic rings. The summed E-state index contributed by atoms with van der Waals surface area (Å²) in [5.41, 5.74) is 6.28. The summed E-state index contributed by atoms with van der Waals surface area (Å²) in [6, 6.07) is 41.4. The number of carbonyl (C=O) groups excluding carboxylic acids is 3. The van der Waals surface area contributed by atoms with Crippen molar-refractivity contribution in [2.24, 2.45) is 0 Å². The monoisotopic (exact) mass is 726 g/mol. The van der Waals surface area contributed by atoms with Crippen molar-refractivity contribution in [3.05, 3.63) is 155 Å². The Labute approximate surface area is 316 Å². The zero-order valence-corrected chi connectivity index (χ0v) is 31.0. The Morgan fingerprint density at radius 1 is 0.722 bits per heavy atom. The second kappa shape index (κ2) is 17.6. The fourth-order valence-electron chi connectivity index (χ4n) is 6.17. The van der Waals surface area contributed by atoms with Crippen LogP contribution >= 0.6 is 0 Å². The molecule has 0 aromatic heterocycles. The first kappa shape index (κ1) is 37.7. The van der Waals surface area contributed by atoms with Crippen LogP contribution in [0.5, 0.6) is 11.5 Å². The van der Waals surface area contributed by atoms with Crippen molar-refractivity contribution < 1.29 is 33.3 Å². The molecule has 9 nitrogen and oxygen atoms in total. The number of esters is 1. The summed E-state index contributed by atoms with van der Waals surface area (Å²) >= 11 is 0. The van der Waals surface area contributed by atoms with E-state index in [1.54, 1.807) is 20.8 Å². The molecule has 0 aliphatic carbocycles. The molecule has 0 bridgehead atoms. The molecule has 0 fully saturated rings. The molecule has 5 aromatic carbocycles. The highest BCUT2D eigenvalue weighted by Gasteiger charge is 2.29. The Morgan fingerprint density at radius 2 is 1.39 bits per heavy atom. The molecule has 9 heteroatoms. The summed E-state index contributed by atoms with van der Waals surface area (Å²) < 4.78 is 22.8. The van der Waals surface area contributed by atoms with Gasteiger partial charge in [-0.15, -0.1) is 0 Å². The van der Waals surface area contributed by atoms with E-state index in [1.165, 1.54) is 4.90 Å². The van der Waals surface area contributed by atoms with Crippen LogP contribution in [0.1, 0.15) is 54.5 Å². The Bertz CT molecular complexity index is 2010. The number of nitrogens with one attached hydrogen (secondary N) is 1. The summed E-state index contributed by atoms with van der Waals surface area (Å²) in [6.07, 6.45) is -0.364. The van der Waals surface area contributed by atoms with Gasteiger partial charge >= 0.3 is 18.2 Å². The first-order valence-corrected chi connectivity index (χ1v) is 18.2. The maximum absolute atomic E-state index is 13.2. The number of ether oxygens (including phenoxy) is 4. The predicted octanol–water partition coefficient (Wildman–Crippen LogP) is 8.88. The predicted molar refractivity (Wildman–Crippen MR) is 207 cm³/mol. The van der Waals surface area contributed by atoms with Gasteiger partial charge in [-0.25, -0.2) is 9.59 Å². The van der Waals surface area contributed by atoms with E-state index in [1.807, 2.05) is 127 Å². The average molecular weight is 727 g/mol. The summed E-state index contributed by atoms with van der Waals surface area (Å²) in [5, 5.41) is 2.61. The van der Waals surface area contributed by atoms with Gasteiger partial charge in [0.25, 0.3) is 0 Å². The van der Waals surface area contributed by atoms with Crippen LogP contribution in [0.4, 0.5) is 9.59 Å². The molecule has 1 atom stereocenters. The number of alkyl carbamates (subject to hydrolysis) is 1. The van der Waals surface area contributed by atoms with Gasteiger partial charge in [-0.05, 0) is 90.4 Å². The van der Waals surface area contributed by atoms with Crippen LogP contribution in [0.3, 0.4) is 0 Å². The van der Waals surface area contributed by atoms with Crippen molar-refractivity contribution in [1.29, 1.82) is 0 Å². The largest absolute Gasteiger partial charge is 0.493 e. The van der Waals surface area contributed by atoms with Crippen LogP contribution in [0.2, 0.25) is 0 Å². The van der Waals surface area contributed by atoms with Gasteiger partial charge in [-0.2, -0.15) is 0 Å². The minimum Gasteiger partial charge on any atom is -0.493 e. The lowest BCUT2D eigenvalue weighted by Crippen LogP contribution is -2.41. The highest BCUT2D eigenvalue weighted by molar-refractivity contribution is 5.85. The molecule has 2 amide bonds. The molecule has 1 aliphatic heterocycles. The molecular formula is C45H46N2O7. The van der Waals surface area contributed by atoms with Crippen LogP contribution in [-0.2, 0) is 40.3 Å². The second-order valence-corrected chi connectivity index (χ2v) is 14.2. The minimum absolute atomic E-state index is 0.110. The van der Waals surface area contributed by atoms with Gasteiger partial charge in [0, 0.05) is 26.1 Å². The van der Waals surface area contributed by atoms with Crippen molar-refractivity contribution in [3.8, 4) is 22.6 Å². The fourth-order valence-corrected chi connectivity index (χ4v) is 6.17. The number of nitrogens with zero attached hydrogens (tertiary/aromatic N) is 1. The van der Waals surface area contributed by atoms with Crippen LogP contribution in [0.25, 0.3) is 11.1 Å². The van der Waals surface area contributed by atoms with E-state index in [0.29, 0.717) is 37.5 Å². The number of amides is 2. The van der Waals surface area contributed by atoms with E-state index in [-0.39, 0.29) is 13.1 Å². The Morgan fingerprint density at radius 3 is 2.09 bits per heavy atom. The van der Waals surface area contributed by atoms with E-state index >= 15 is 0 Å². The Hall–Kier alpha value is -6.09. The van der Waals surface area contributed by atoms with Crippen molar-refractivity contribution >= 4 is 18.2 Å². The maximum Gasteiger partial charge on any atom is 0.419 e. The third-order valence-corrected chi connectivity index (χ3v) is 9.02. The van der Waals surface area contributed by atoms with E-state index in [2.05, 4.69) is 5.32 Å². The van der Waals surface area contributed by atoms with Gasteiger partial charge in [-0.1, -0.05) is 103 Å². The SMILES string of the molecule is CC(C)(C)OC(=O)C(CNC(=O)OC(=O)N1CCc2ccc(OCCc3ccc(OCc4ccccc4)cc3)cc2C1)c1ccc(-c2ccccc2)cc1. The lowest BCUT2D eigenvalue weighted by Gasteiger charge is -2.28. The maximum atomic E-state index is 13.2. The Kier molecular flexibility index (Phi) is 12.3. The molecule has 6 rings (SSSR count). The molecule has 0 spiro atoms. The number of carbonyl (C=O) groups is 3. The lowest BCUT2D eigenvalue weighted by atomic mass is 9.96. The number of benzene rings is 5. The molecule has 54 heavy (non-hydrogen) atoms. The molecule has 0 saturated carbocycles. The summed E-state index contributed by atoms with van der Waals surface area (Å²) in [7, 11) is 0. The van der Waals surface area contributed by atoms with Gasteiger partial charge in [0.05, 0.1) is 12.5 Å². The zero-order valence-electron chi connectivity index (χ0n) is 31.0. The van der Waals surface area contributed by atoms with Gasteiger partial charge in [0.15, 0.2) is 0 Å². The molecule has 5 aromatic rings. The first-order chi connectivity index (χ1) is 26.1. The molecule has 1 N–H and O–H groups in total. The summed E-state index contributed by atoms with van der Waals surface area (Å²) in [5.74, 6) is 0.216. The number of hydrogen-bond acceptors (Lipinski definition) is 7. The highest BCUT2D eigenvalue weighted by Crippen LogP contribution is 2.27. The number of hydrogen-bond donors (Lipinski definition) is 1. The van der Waals surface area contributed by atoms with Crippen LogP contribution in [0, 0.1) is 0 Å². The Balaban J connectivity index is 0.986. The molecule has 278 valence electrons. The van der Waals surface area contributed by atoms with Crippen LogP contribution < -0.4 is 14.8 Å². The van der Waals surface area contributed by atoms with Gasteiger partial charge in [0.1, 0.15) is 23.7 Å².